The Kier molecular flexibility index (Phi) is 5.91. The molecular formula is C21H30Ge. The fraction of sp³-hybridized carbons (Fsp3) is 0.429. The number of hydrogen-bond donors (Lipinski definition) is 0. The first-order valence-corrected chi connectivity index (χ1v) is 16.0. The van der Waals surface area contributed by atoms with E-state index >= 15 is 0 Å². The van der Waals surface area contributed by atoms with E-state index in [0.29, 0.717) is 0 Å². The summed E-state index contributed by atoms with van der Waals surface area (Å²) in [5.41, 5.74) is 4.32. The third-order valence-corrected chi connectivity index (χ3v) is 9.10. The molecule has 0 aliphatic carbocycles. The van der Waals surface area contributed by atoms with Crippen LogP contribution >= 0.6 is 0 Å². The number of hydrogen-bond acceptors (Lipinski definition) is 0. The molecule has 0 N–H and O–H groups in total. The molecule has 0 unspecified atom stereocenters. The summed E-state index contributed by atoms with van der Waals surface area (Å²) in [6, 6.07) is 18.0. The molecule has 2 aromatic rings. The Morgan fingerprint density at radius 3 is 2.00 bits per heavy atom. The van der Waals surface area contributed by atoms with Gasteiger partial charge in [0.15, 0.2) is 0 Å². The van der Waals surface area contributed by atoms with Crippen molar-refractivity contribution in [3.05, 3.63) is 54.1 Å². The maximum atomic E-state index is 2.51. The van der Waals surface area contributed by atoms with E-state index in [4.69, 9.17) is 0 Å². The molecule has 0 amide bonds. The van der Waals surface area contributed by atoms with E-state index < -0.39 is 13.3 Å². The second-order valence-electron chi connectivity index (χ2n) is 7.37. The van der Waals surface area contributed by atoms with Crippen LogP contribution in [0.4, 0.5) is 0 Å². The summed E-state index contributed by atoms with van der Waals surface area (Å²) in [4.78, 5) is 0. The molecule has 2 rings (SSSR count). The van der Waals surface area contributed by atoms with Crippen LogP contribution in [0.25, 0.3) is 11.1 Å². The predicted octanol–water partition coefficient (Wildman–Crippen LogP) is 5.88. The van der Waals surface area contributed by atoms with Crippen molar-refractivity contribution in [2.24, 2.45) is 5.92 Å². The molecule has 0 fully saturated rings. The Hall–Kier alpha value is -1.02. The Morgan fingerprint density at radius 2 is 1.45 bits per heavy atom. The first-order chi connectivity index (χ1) is 10.5. The summed E-state index contributed by atoms with van der Waals surface area (Å²) >= 11 is -1.82. The fourth-order valence-electron chi connectivity index (χ4n) is 3.19. The summed E-state index contributed by atoms with van der Waals surface area (Å²) in [6.07, 6.45) is 3.80. The van der Waals surface area contributed by atoms with Crippen molar-refractivity contribution in [3.63, 3.8) is 0 Å². The SMILES string of the molecule is CCC(CC)Cc1cc(-c2ccccc2)cc[c]1[Ge]([CH3])([CH3])[CH3]. The number of benzene rings is 2. The van der Waals surface area contributed by atoms with Crippen molar-refractivity contribution in [1.29, 1.82) is 0 Å². The van der Waals surface area contributed by atoms with Gasteiger partial charge in [-0.2, -0.15) is 0 Å². The monoisotopic (exact) mass is 356 g/mol. The van der Waals surface area contributed by atoms with Crippen LogP contribution in [-0.2, 0) is 6.42 Å². The molecule has 0 saturated carbocycles. The summed E-state index contributed by atoms with van der Waals surface area (Å²) in [6.45, 7) is 4.65. The molecule has 2 aromatic carbocycles. The molecule has 0 atom stereocenters. The van der Waals surface area contributed by atoms with Crippen molar-refractivity contribution in [2.75, 3.05) is 0 Å². The Balaban J connectivity index is 2.45. The molecule has 0 saturated heterocycles. The molecule has 0 bridgehead atoms. The zero-order valence-electron chi connectivity index (χ0n) is 14.8. The maximum absolute atomic E-state index is 2.51. The normalized spacial score (nSPS) is 11.9. The molecule has 22 heavy (non-hydrogen) atoms. The Labute approximate surface area is 139 Å². The third-order valence-electron chi connectivity index (χ3n) is 4.68. The van der Waals surface area contributed by atoms with Crippen LogP contribution in [-0.4, -0.2) is 13.3 Å². The molecule has 118 valence electrons. The number of rotatable bonds is 6. The summed E-state index contributed by atoms with van der Waals surface area (Å²) in [7, 11) is 0. The van der Waals surface area contributed by atoms with Crippen LogP contribution < -0.4 is 4.40 Å². The van der Waals surface area contributed by atoms with Gasteiger partial charge in [-0.15, -0.1) is 0 Å². The van der Waals surface area contributed by atoms with Gasteiger partial charge in [-0.05, 0) is 0 Å². The minimum atomic E-state index is -1.82. The van der Waals surface area contributed by atoms with Crippen LogP contribution in [0.2, 0.25) is 17.3 Å². The van der Waals surface area contributed by atoms with Crippen LogP contribution in [0.3, 0.4) is 0 Å². The van der Waals surface area contributed by atoms with Crippen LogP contribution in [0.1, 0.15) is 32.3 Å². The van der Waals surface area contributed by atoms with E-state index in [1.807, 2.05) is 0 Å². The van der Waals surface area contributed by atoms with Crippen molar-refractivity contribution in [1.82, 2.24) is 0 Å². The van der Waals surface area contributed by atoms with Crippen LogP contribution in [0.5, 0.6) is 0 Å². The van der Waals surface area contributed by atoms with Gasteiger partial charge in [0.1, 0.15) is 0 Å². The molecular weight excluding hydrogens is 325 g/mol. The van der Waals surface area contributed by atoms with Crippen molar-refractivity contribution >= 4 is 17.7 Å². The van der Waals surface area contributed by atoms with E-state index in [1.165, 1.54) is 30.4 Å². The molecule has 0 aliphatic rings. The van der Waals surface area contributed by atoms with Gasteiger partial charge in [0.25, 0.3) is 0 Å². The first kappa shape index (κ1) is 17.3. The molecule has 0 radical (unpaired) electrons. The third kappa shape index (κ3) is 4.26. The van der Waals surface area contributed by atoms with E-state index in [9.17, 15) is 0 Å². The average Bonchev–Trinajstić information content (AvgIpc) is 2.52. The van der Waals surface area contributed by atoms with Crippen molar-refractivity contribution in [2.45, 2.75) is 50.4 Å². The predicted molar refractivity (Wildman–Crippen MR) is 103 cm³/mol. The zero-order valence-corrected chi connectivity index (χ0v) is 16.9. The van der Waals surface area contributed by atoms with Crippen LogP contribution in [0, 0.1) is 5.92 Å². The minimum absolute atomic E-state index is 0.814. The van der Waals surface area contributed by atoms with Gasteiger partial charge in [-0.1, -0.05) is 0 Å². The topological polar surface area (TPSA) is 0 Å². The van der Waals surface area contributed by atoms with Gasteiger partial charge in [-0.25, -0.2) is 0 Å². The second-order valence-corrected chi connectivity index (χ2v) is 17.9. The van der Waals surface area contributed by atoms with E-state index in [1.54, 1.807) is 9.96 Å². The van der Waals surface area contributed by atoms with Gasteiger partial charge in [0.05, 0.1) is 0 Å². The second kappa shape index (κ2) is 7.50. The van der Waals surface area contributed by atoms with E-state index in [2.05, 4.69) is 79.6 Å². The first-order valence-electron chi connectivity index (χ1n) is 8.64. The zero-order chi connectivity index (χ0) is 16.2. The molecule has 0 nitrogen and oxygen atoms in total. The van der Waals surface area contributed by atoms with E-state index in [-0.39, 0.29) is 0 Å². The van der Waals surface area contributed by atoms with Crippen LogP contribution in [0.15, 0.2) is 48.5 Å². The Morgan fingerprint density at radius 1 is 0.818 bits per heavy atom. The molecule has 1 heteroatoms. The van der Waals surface area contributed by atoms with Gasteiger partial charge in [-0.3, -0.25) is 0 Å². The molecule has 0 heterocycles. The quantitative estimate of drug-likeness (QED) is 0.568. The summed E-state index contributed by atoms with van der Waals surface area (Å²) < 4.78 is 1.69. The van der Waals surface area contributed by atoms with Gasteiger partial charge >= 0.3 is 139 Å². The van der Waals surface area contributed by atoms with Gasteiger partial charge in [0.2, 0.25) is 0 Å². The van der Waals surface area contributed by atoms with Crippen molar-refractivity contribution < 1.29 is 0 Å². The van der Waals surface area contributed by atoms with E-state index in [0.717, 1.165) is 5.92 Å². The fourth-order valence-corrected chi connectivity index (χ4v) is 6.80. The van der Waals surface area contributed by atoms with Gasteiger partial charge < -0.3 is 0 Å². The molecule has 0 aliphatic heterocycles. The Bertz CT molecular complexity index is 589. The van der Waals surface area contributed by atoms with Gasteiger partial charge in [0, 0.05) is 0 Å². The molecule has 0 aromatic heterocycles. The standard InChI is InChI=1S/C21H30Ge/c1-6-17(7-2)15-20-16-19(18-11-9-8-10-12-18)13-14-21(20)22(3,4)5/h8-14,16-17H,6-7,15H2,1-5H3. The van der Waals surface area contributed by atoms with Crippen molar-refractivity contribution in [3.8, 4) is 11.1 Å². The average molecular weight is 355 g/mol. The summed E-state index contributed by atoms with van der Waals surface area (Å²) in [5.74, 6) is 8.34. The summed E-state index contributed by atoms with van der Waals surface area (Å²) in [5, 5.41) is 0. The molecule has 0 spiro atoms.